The van der Waals surface area contributed by atoms with E-state index < -0.39 is 17.9 Å². The molecule has 0 spiro atoms. The van der Waals surface area contributed by atoms with Gasteiger partial charge in [-0.15, -0.1) is 0 Å². The molecule has 2 aromatic rings. The van der Waals surface area contributed by atoms with Crippen LogP contribution >= 0.6 is 0 Å². The fraction of sp³-hybridized carbons (Fsp3) is 0.483. The molecule has 7 heteroatoms. The van der Waals surface area contributed by atoms with Crippen LogP contribution < -0.4 is 4.74 Å². The van der Waals surface area contributed by atoms with Gasteiger partial charge in [0.2, 0.25) is 0 Å². The minimum absolute atomic E-state index is 0.0968. The van der Waals surface area contributed by atoms with E-state index in [4.69, 9.17) is 19.3 Å². The van der Waals surface area contributed by atoms with Gasteiger partial charge in [-0.25, -0.2) is 4.79 Å². The summed E-state index contributed by atoms with van der Waals surface area (Å²) in [6.07, 6.45) is 4.37. The number of carbonyl (C=O) groups excluding carboxylic acids is 2. The first-order valence-electron chi connectivity index (χ1n) is 12.7. The number of unbranched alkanes of at least 4 members (excludes halogenated alkanes) is 3. The molecule has 0 aliphatic heterocycles. The molecule has 0 fully saturated rings. The van der Waals surface area contributed by atoms with Crippen molar-refractivity contribution in [1.82, 2.24) is 0 Å². The predicted molar refractivity (Wildman–Crippen MR) is 138 cm³/mol. The highest BCUT2D eigenvalue weighted by atomic mass is 16.5. The standard InChI is InChI=1S/C29H38O7/c1-4-21(2)20-36-29(33)25-11-9-23(10-12-25)24-13-15-26(16-14-24)34-17-7-5-6-8-18-35-27(30)19-22(3)28(31)32/h9-16,21-22H,4-8,17-20H2,1-3H3,(H,31,32). The molecule has 2 aromatic carbocycles. The zero-order valence-electron chi connectivity index (χ0n) is 21.5. The van der Waals surface area contributed by atoms with Crippen LogP contribution in [0.15, 0.2) is 48.5 Å². The quantitative estimate of drug-likeness (QED) is 0.219. The second kappa shape index (κ2) is 15.6. The minimum Gasteiger partial charge on any atom is -0.494 e. The highest BCUT2D eigenvalue weighted by Gasteiger charge is 2.16. The van der Waals surface area contributed by atoms with Crippen molar-refractivity contribution < 1.29 is 33.7 Å². The normalized spacial score (nSPS) is 12.4. The van der Waals surface area contributed by atoms with Crippen molar-refractivity contribution in [1.29, 1.82) is 0 Å². The van der Waals surface area contributed by atoms with Crippen molar-refractivity contribution >= 4 is 17.9 Å². The number of rotatable bonds is 16. The van der Waals surface area contributed by atoms with E-state index in [0.717, 1.165) is 49.0 Å². The second-order valence-corrected chi connectivity index (χ2v) is 9.14. The van der Waals surface area contributed by atoms with Crippen LogP contribution in [0.5, 0.6) is 5.75 Å². The molecule has 196 valence electrons. The zero-order chi connectivity index (χ0) is 26.3. The molecular weight excluding hydrogens is 460 g/mol. The molecule has 36 heavy (non-hydrogen) atoms. The number of hydrogen-bond acceptors (Lipinski definition) is 6. The molecule has 0 aliphatic rings. The molecule has 7 nitrogen and oxygen atoms in total. The van der Waals surface area contributed by atoms with E-state index in [0.29, 0.717) is 31.3 Å². The molecule has 0 saturated carbocycles. The van der Waals surface area contributed by atoms with Crippen LogP contribution in [0.4, 0.5) is 0 Å². The minimum atomic E-state index is -0.994. The Morgan fingerprint density at radius 3 is 1.97 bits per heavy atom. The lowest BCUT2D eigenvalue weighted by atomic mass is 10.0. The van der Waals surface area contributed by atoms with Crippen LogP contribution in [0.2, 0.25) is 0 Å². The SMILES string of the molecule is CCC(C)COC(=O)c1ccc(-c2ccc(OCCCCCCOC(=O)CC(C)C(=O)O)cc2)cc1. The number of aliphatic carboxylic acids is 1. The summed E-state index contributed by atoms with van der Waals surface area (Å²) in [6.45, 7) is 6.97. The van der Waals surface area contributed by atoms with Crippen LogP contribution in [0.1, 0.15) is 69.7 Å². The summed E-state index contributed by atoms with van der Waals surface area (Å²) in [6, 6.07) is 15.3. The molecule has 0 radical (unpaired) electrons. The topological polar surface area (TPSA) is 99.1 Å². The van der Waals surface area contributed by atoms with Crippen LogP contribution in [0, 0.1) is 11.8 Å². The molecule has 2 atom stereocenters. The van der Waals surface area contributed by atoms with Crippen molar-refractivity contribution in [3.05, 3.63) is 54.1 Å². The fourth-order valence-electron chi connectivity index (χ4n) is 3.29. The van der Waals surface area contributed by atoms with E-state index in [2.05, 4.69) is 13.8 Å². The largest absolute Gasteiger partial charge is 0.494 e. The van der Waals surface area contributed by atoms with Crippen LogP contribution in [0.3, 0.4) is 0 Å². The number of carboxylic acid groups (broad SMARTS) is 1. The summed E-state index contributed by atoms with van der Waals surface area (Å²) >= 11 is 0. The summed E-state index contributed by atoms with van der Waals surface area (Å²) in [4.78, 5) is 34.4. The Labute approximate surface area is 213 Å². The molecule has 1 N–H and O–H groups in total. The lowest BCUT2D eigenvalue weighted by Gasteiger charge is -2.10. The van der Waals surface area contributed by atoms with E-state index in [-0.39, 0.29) is 12.4 Å². The van der Waals surface area contributed by atoms with Gasteiger partial charge >= 0.3 is 17.9 Å². The smallest absolute Gasteiger partial charge is 0.338 e. The maximum Gasteiger partial charge on any atom is 0.338 e. The van der Waals surface area contributed by atoms with Crippen LogP contribution in [-0.4, -0.2) is 42.8 Å². The van der Waals surface area contributed by atoms with Gasteiger partial charge in [0.05, 0.1) is 37.7 Å². The average Bonchev–Trinajstić information content (AvgIpc) is 2.88. The Kier molecular flexibility index (Phi) is 12.5. The average molecular weight is 499 g/mol. The number of hydrogen-bond donors (Lipinski definition) is 1. The monoisotopic (exact) mass is 498 g/mol. The fourth-order valence-corrected chi connectivity index (χ4v) is 3.29. The second-order valence-electron chi connectivity index (χ2n) is 9.14. The molecule has 0 heterocycles. The molecule has 0 aliphatic carbocycles. The third kappa shape index (κ3) is 10.5. The highest BCUT2D eigenvalue weighted by molar-refractivity contribution is 5.90. The zero-order valence-corrected chi connectivity index (χ0v) is 21.5. The third-order valence-electron chi connectivity index (χ3n) is 5.97. The van der Waals surface area contributed by atoms with Gasteiger partial charge in [0, 0.05) is 0 Å². The highest BCUT2D eigenvalue weighted by Crippen LogP contribution is 2.23. The van der Waals surface area contributed by atoms with E-state index in [9.17, 15) is 14.4 Å². The molecule has 0 amide bonds. The van der Waals surface area contributed by atoms with Crippen molar-refractivity contribution in [2.24, 2.45) is 11.8 Å². The maximum atomic E-state index is 12.2. The molecule has 0 saturated heterocycles. The van der Waals surface area contributed by atoms with Gasteiger partial charge < -0.3 is 19.3 Å². The van der Waals surface area contributed by atoms with Crippen LogP contribution in [-0.2, 0) is 19.1 Å². The van der Waals surface area contributed by atoms with Crippen LogP contribution in [0.25, 0.3) is 11.1 Å². The number of carbonyl (C=O) groups is 3. The Morgan fingerprint density at radius 1 is 0.806 bits per heavy atom. The van der Waals surface area contributed by atoms with Crippen molar-refractivity contribution in [3.63, 3.8) is 0 Å². The van der Waals surface area contributed by atoms with Crippen molar-refractivity contribution in [2.75, 3.05) is 19.8 Å². The number of ether oxygens (including phenoxy) is 3. The van der Waals surface area contributed by atoms with Gasteiger partial charge in [-0.2, -0.15) is 0 Å². The molecule has 0 bridgehead atoms. The van der Waals surface area contributed by atoms with Gasteiger partial charge in [-0.05, 0) is 67.0 Å². The summed E-state index contributed by atoms with van der Waals surface area (Å²) < 4.78 is 16.2. The summed E-state index contributed by atoms with van der Waals surface area (Å²) in [5.41, 5.74) is 2.60. The van der Waals surface area contributed by atoms with Crippen molar-refractivity contribution in [3.8, 4) is 16.9 Å². The lowest BCUT2D eigenvalue weighted by Crippen LogP contribution is -2.16. The predicted octanol–water partition coefficient (Wildman–Crippen LogP) is 6.15. The maximum absolute atomic E-state index is 12.2. The van der Waals surface area contributed by atoms with Gasteiger partial charge in [-0.1, -0.05) is 51.5 Å². The number of carboxylic acids is 1. The molecule has 2 rings (SSSR count). The lowest BCUT2D eigenvalue weighted by molar-refractivity contribution is -0.151. The van der Waals surface area contributed by atoms with Crippen molar-refractivity contribution in [2.45, 2.75) is 59.3 Å². The van der Waals surface area contributed by atoms with Gasteiger partial charge in [0.25, 0.3) is 0 Å². The Balaban J connectivity index is 1.64. The van der Waals surface area contributed by atoms with E-state index >= 15 is 0 Å². The van der Waals surface area contributed by atoms with Gasteiger partial charge in [0.15, 0.2) is 0 Å². The first-order valence-corrected chi connectivity index (χ1v) is 12.7. The van der Waals surface area contributed by atoms with Gasteiger partial charge in [0.1, 0.15) is 5.75 Å². The van der Waals surface area contributed by atoms with E-state index in [1.165, 1.54) is 6.92 Å². The number of benzene rings is 2. The Hall–Kier alpha value is -3.35. The molecule has 2 unspecified atom stereocenters. The number of esters is 2. The van der Waals surface area contributed by atoms with E-state index in [1.807, 2.05) is 36.4 Å². The summed E-state index contributed by atoms with van der Waals surface area (Å²) in [5.74, 6) is -1.33. The first-order chi connectivity index (χ1) is 17.3. The Morgan fingerprint density at radius 2 is 1.39 bits per heavy atom. The van der Waals surface area contributed by atoms with Gasteiger partial charge in [-0.3, -0.25) is 9.59 Å². The molecule has 0 aromatic heterocycles. The summed E-state index contributed by atoms with van der Waals surface area (Å²) in [5, 5.41) is 8.80. The summed E-state index contributed by atoms with van der Waals surface area (Å²) in [7, 11) is 0. The third-order valence-corrected chi connectivity index (χ3v) is 5.97. The Bertz CT molecular complexity index is 951. The first kappa shape index (κ1) is 28.9. The molecular formula is C29H38O7. The van der Waals surface area contributed by atoms with E-state index in [1.54, 1.807) is 12.1 Å².